The fraction of sp³-hybridized carbons (Fsp3) is 0. The van der Waals surface area contributed by atoms with Gasteiger partial charge in [0.15, 0.2) is 0 Å². The van der Waals surface area contributed by atoms with E-state index in [1.54, 1.807) is 0 Å². The maximum absolute atomic E-state index is 13.2. The molecule has 8 heteroatoms. The van der Waals surface area contributed by atoms with Gasteiger partial charge in [-0.3, -0.25) is 4.79 Å². The number of rotatable bonds is 2. The highest BCUT2D eigenvalue weighted by Gasteiger charge is 2.23. The van der Waals surface area contributed by atoms with E-state index in [1.165, 1.54) is 24.3 Å². The van der Waals surface area contributed by atoms with E-state index in [0.717, 1.165) is 18.3 Å². The lowest BCUT2D eigenvalue weighted by Gasteiger charge is -2.07. The van der Waals surface area contributed by atoms with Crippen molar-refractivity contribution in [1.29, 1.82) is 0 Å². The molecule has 1 N–H and O–H groups in total. The number of nitrogens with one attached hydrogen (secondary N) is 1. The summed E-state index contributed by atoms with van der Waals surface area (Å²) in [5.74, 6) is -0.537. The van der Waals surface area contributed by atoms with Crippen LogP contribution in [0.3, 0.4) is 0 Å². The molecule has 2 aromatic carbocycles. The van der Waals surface area contributed by atoms with Crippen LogP contribution in [0.5, 0.6) is 0 Å². The van der Waals surface area contributed by atoms with Gasteiger partial charge in [0.2, 0.25) is 15.3 Å². The molecule has 0 saturated heterocycles. The molecular formula is C15H8Cl2FNO3S. The van der Waals surface area contributed by atoms with Gasteiger partial charge >= 0.3 is 0 Å². The average molecular weight is 372 g/mol. The van der Waals surface area contributed by atoms with Crippen LogP contribution < -0.4 is 5.43 Å². The van der Waals surface area contributed by atoms with Gasteiger partial charge in [-0.1, -0.05) is 23.2 Å². The molecule has 0 saturated carbocycles. The van der Waals surface area contributed by atoms with Gasteiger partial charge in [0.25, 0.3) is 0 Å². The van der Waals surface area contributed by atoms with Crippen molar-refractivity contribution in [3.63, 3.8) is 0 Å². The lowest BCUT2D eigenvalue weighted by Crippen LogP contribution is -2.16. The Morgan fingerprint density at radius 3 is 2.30 bits per heavy atom. The Kier molecular flexibility index (Phi) is 3.91. The van der Waals surface area contributed by atoms with Crippen LogP contribution in [0.1, 0.15) is 0 Å². The number of H-pyrrole nitrogens is 1. The number of hydrogen-bond acceptors (Lipinski definition) is 3. The Hall–Kier alpha value is -1.89. The van der Waals surface area contributed by atoms with Crippen molar-refractivity contribution >= 4 is 43.9 Å². The molecule has 0 aliphatic heterocycles. The minimum Gasteiger partial charge on any atom is -0.360 e. The SMILES string of the molecule is O=c1c(S(=O)(=O)c2cc(Cl)cc(Cl)c2)c[nH]c2cc(F)ccc12. The summed E-state index contributed by atoms with van der Waals surface area (Å²) >= 11 is 11.6. The molecule has 0 aliphatic rings. The van der Waals surface area contributed by atoms with Crippen molar-refractivity contribution in [2.75, 3.05) is 0 Å². The highest BCUT2D eigenvalue weighted by molar-refractivity contribution is 7.91. The standard InChI is InChI=1S/C15H8Cl2FNO3S/c16-8-3-9(17)5-11(4-8)23(21,22)14-7-19-13-6-10(18)1-2-12(13)15(14)20/h1-7H,(H,19,20). The second-order valence-electron chi connectivity index (χ2n) is 4.78. The summed E-state index contributed by atoms with van der Waals surface area (Å²) in [6.45, 7) is 0. The molecule has 3 rings (SSSR count). The molecule has 1 heterocycles. The first-order chi connectivity index (χ1) is 10.8. The molecule has 1 aromatic heterocycles. The zero-order valence-corrected chi connectivity index (χ0v) is 13.6. The molecule has 4 nitrogen and oxygen atoms in total. The van der Waals surface area contributed by atoms with Crippen molar-refractivity contribution < 1.29 is 12.8 Å². The summed E-state index contributed by atoms with van der Waals surface area (Å²) in [6, 6.07) is 7.23. The minimum atomic E-state index is -4.12. The molecule has 0 amide bonds. The summed E-state index contributed by atoms with van der Waals surface area (Å²) in [4.78, 5) is 14.4. The molecule has 0 bridgehead atoms. The average Bonchev–Trinajstić information content (AvgIpc) is 2.46. The van der Waals surface area contributed by atoms with Crippen molar-refractivity contribution in [1.82, 2.24) is 4.98 Å². The monoisotopic (exact) mass is 371 g/mol. The van der Waals surface area contributed by atoms with Gasteiger partial charge in [0.1, 0.15) is 10.7 Å². The summed E-state index contributed by atoms with van der Waals surface area (Å²) in [5.41, 5.74) is -0.520. The predicted octanol–water partition coefficient (Wildman–Crippen LogP) is 3.81. The van der Waals surface area contributed by atoms with E-state index in [-0.39, 0.29) is 25.8 Å². The highest BCUT2D eigenvalue weighted by atomic mass is 35.5. The predicted molar refractivity (Wildman–Crippen MR) is 86.4 cm³/mol. The van der Waals surface area contributed by atoms with Crippen LogP contribution in [0.2, 0.25) is 10.0 Å². The minimum absolute atomic E-state index is 0.0700. The second-order valence-corrected chi connectivity index (χ2v) is 7.57. The number of aromatic nitrogens is 1. The van der Waals surface area contributed by atoms with Crippen LogP contribution in [-0.4, -0.2) is 13.4 Å². The van der Waals surface area contributed by atoms with Crippen LogP contribution in [-0.2, 0) is 9.84 Å². The first kappa shape index (κ1) is 16.0. The fourth-order valence-corrected chi connectivity index (χ4v) is 4.23. The number of pyridine rings is 1. The molecule has 0 spiro atoms. The molecule has 23 heavy (non-hydrogen) atoms. The smallest absolute Gasteiger partial charge is 0.212 e. The zero-order chi connectivity index (χ0) is 16.8. The summed E-state index contributed by atoms with van der Waals surface area (Å²) in [5, 5.41) is 0.339. The third kappa shape index (κ3) is 2.85. The Morgan fingerprint density at radius 1 is 1.00 bits per heavy atom. The molecule has 3 aromatic rings. The number of aromatic amines is 1. The van der Waals surface area contributed by atoms with Gasteiger partial charge in [0.05, 0.1) is 10.4 Å². The normalized spacial score (nSPS) is 11.8. The van der Waals surface area contributed by atoms with Crippen molar-refractivity contribution in [2.24, 2.45) is 0 Å². The van der Waals surface area contributed by atoms with E-state index in [0.29, 0.717) is 0 Å². The van der Waals surface area contributed by atoms with Crippen LogP contribution >= 0.6 is 23.2 Å². The molecule has 0 fully saturated rings. The van der Waals surface area contributed by atoms with Gasteiger partial charge in [-0.2, -0.15) is 0 Å². The molecular weight excluding hydrogens is 364 g/mol. The number of halogens is 3. The second kappa shape index (κ2) is 5.63. The Morgan fingerprint density at radius 2 is 1.65 bits per heavy atom. The van der Waals surface area contributed by atoms with Crippen LogP contribution in [0.15, 0.2) is 57.2 Å². The van der Waals surface area contributed by atoms with E-state index in [9.17, 15) is 17.6 Å². The van der Waals surface area contributed by atoms with E-state index in [1.807, 2.05) is 0 Å². The van der Waals surface area contributed by atoms with E-state index >= 15 is 0 Å². The summed E-state index contributed by atoms with van der Waals surface area (Å²) in [6.07, 6.45) is 1.04. The zero-order valence-electron chi connectivity index (χ0n) is 11.3. The lowest BCUT2D eigenvalue weighted by atomic mass is 10.2. The first-order valence-corrected chi connectivity index (χ1v) is 8.55. The Balaban J connectivity index is 2.29. The highest BCUT2D eigenvalue weighted by Crippen LogP contribution is 2.26. The first-order valence-electron chi connectivity index (χ1n) is 6.31. The molecule has 0 radical (unpaired) electrons. The maximum Gasteiger partial charge on any atom is 0.212 e. The number of sulfone groups is 1. The van der Waals surface area contributed by atoms with Gasteiger partial charge in [0, 0.05) is 21.6 Å². The van der Waals surface area contributed by atoms with Gasteiger partial charge in [-0.25, -0.2) is 12.8 Å². The van der Waals surface area contributed by atoms with Crippen LogP contribution in [0.25, 0.3) is 10.9 Å². The third-order valence-corrected chi connectivity index (χ3v) is 5.42. The Bertz CT molecular complexity index is 1070. The fourth-order valence-electron chi connectivity index (χ4n) is 2.19. The lowest BCUT2D eigenvalue weighted by molar-refractivity contribution is 0.595. The topological polar surface area (TPSA) is 67.0 Å². The van der Waals surface area contributed by atoms with Crippen molar-refractivity contribution in [3.8, 4) is 0 Å². The van der Waals surface area contributed by atoms with E-state index in [2.05, 4.69) is 4.98 Å². The molecule has 0 unspecified atom stereocenters. The summed E-state index contributed by atoms with van der Waals surface area (Å²) < 4.78 is 38.5. The quantitative estimate of drug-likeness (QED) is 0.744. The van der Waals surface area contributed by atoms with Crippen LogP contribution in [0, 0.1) is 5.82 Å². The molecule has 0 aliphatic carbocycles. The molecule has 118 valence electrons. The van der Waals surface area contributed by atoms with Crippen LogP contribution in [0.4, 0.5) is 4.39 Å². The molecule has 0 atom stereocenters. The van der Waals surface area contributed by atoms with Gasteiger partial charge in [-0.15, -0.1) is 0 Å². The third-order valence-electron chi connectivity index (χ3n) is 3.24. The van der Waals surface area contributed by atoms with Crippen molar-refractivity contribution in [3.05, 3.63) is 68.7 Å². The van der Waals surface area contributed by atoms with Gasteiger partial charge in [-0.05, 0) is 36.4 Å². The summed E-state index contributed by atoms with van der Waals surface area (Å²) in [7, 11) is -4.12. The van der Waals surface area contributed by atoms with Gasteiger partial charge < -0.3 is 4.98 Å². The number of benzene rings is 2. The largest absolute Gasteiger partial charge is 0.360 e. The van der Waals surface area contributed by atoms with Crippen molar-refractivity contribution in [2.45, 2.75) is 9.79 Å². The van der Waals surface area contributed by atoms with E-state index < -0.39 is 26.0 Å². The number of hydrogen-bond donors (Lipinski definition) is 1. The van der Waals surface area contributed by atoms with E-state index in [4.69, 9.17) is 23.2 Å². The number of fused-ring (bicyclic) bond motifs is 1. The maximum atomic E-state index is 13.2. The Labute approximate surface area is 140 Å².